The number of phenolic OH excluding ortho intramolecular Hbond substituents is 1. The Kier molecular flexibility index (Phi) is 1.73. The standard InChI is InChI=1S/C9H10FNO/c10-7-5-11-4-6-2-1-3-8(12)9(6)7/h1-3,7,11-12H,4-5H2. The largest absolute Gasteiger partial charge is 0.508 e. The van der Waals surface area contributed by atoms with Crippen LogP contribution in [-0.4, -0.2) is 11.7 Å². The molecule has 2 rings (SSSR count). The summed E-state index contributed by atoms with van der Waals surface area (Å²) in [7, 11) is 0. The molecular formula is C9H10FNO. The van der Waals surface area contributed by atoms with Gasteiger partial charge in [0.05, 0.1) is 0 Å². The maximum atomic E-state index is 13.2. The molecule has 0 radical (unpaired) electrons. The van der Waals surface area contributed by atoms with Gasteiger partial charge in [0, 0.05) is 18.7 Å². The molecule has 1 aromatic rings. The van der Waals surface area contributed by atoms with Crippen LogP contribution in [0.1, 0.15) is 17.3 Å². The minimum Gasteiger partial charge on any atom is -0.508 e. The van der Waals surface area contributed by atoms with E-state index in [4.69, 9.17) is 0 Å². The van der Waals surface area contributed by atoms with Crippen LogP contribution in [0.5, 0.6) is 5.75 Å². The predicted octanol–water partition coefficient (Wildman–Crippen LogP) is 1.51. The van der Waals surface area contributed by atoms with Crippen molar-refractivity contribution in [1.29, 1.82) is 0 Å². The number of nitrogens with one attached hydrogen (secondary N) is 1. The van der Waals surface area contributed by atoms with Gasteiger partial charge in [-0.1, -0.05) is 12.1 Å². The summed E-state index contributed by atoms with van der Waals surface area (Å²) in [5.41, 5.74) is 1.31. The van der Waals surface area contributed by atoms with Crippen molar-refractivity contribution in [2.75, 3.05) is 6.54 Å². The lowest BCUT2D eigenvalue weighted by molar-refractivity contribution is 0.299. The van der Waals surface area contributed by atoms with E-state index in [1.54, 1.807) is 6.07 Å². The first-order valence-electron chi connectivity index (χ1n) is 3.94. The van der Waals surface area contributed by atoms with E-state index in [1.165, 1.54) is 6.07 Å². The first kappa shape index (κ1) is 7.55. The van der Waals surface area contributed by atoms with Gasteiger partial charge in [-0.3, -0.25) is 0 Å². The molecule has 3 heteroatoms. The second-order valence-corrected chi connectivity index (χ2v) is 2.95. The molecule has 0 aromatic heterocycles. The molecule has 1 atom stereocenters. The van der Waals surface area contributed by atoms with Crippen LogP contribution in [0.15, 0.2) is 18.2 Å². The van der Waals surface area contributed by atoms with Crippen LogP contribution in [0.25, 0.3) is 0 Å². The van der Waals surface area contributed by atoms with E-state index in [1.807, 2.05) is 6.07 Å². The van der Waals surface area contributed by atoms with Gasteiger partial charge in [0.15, 0.2) is 0 Å². The number of alkyl halides is 1. The summed E-state index contributed by atoms with van der Waals surface area (Å²) < 4.78 is 13.2. The molecular weight excluding hydrogens is 157 g/mol. The van der Waals surface area contributed by atoms with Crippen molar-refractivity contribution >= 4 is 0 Å². The highest BCUT2D eigenvalue weighted by Gasteiger charge is 2.21. The van der Waals surface area contributed by atoms with Gasteiger partial charge in [-0.05, 0) is 11.6 Å². The molecule has 0 bridgehead atoms. The third-order valence-corrected chi connectivity index (χ3v) is 2.13. The lowest BCUT2D eigenvalue weighted by atomic mass is 9.99. The lowest BCUT2D eigenvalue weighted by Crippen LogP contribution is -2.25. The monoisotopic (exact) mass is 167 g/mol. The molecule has 1 unspecified atom stereocenters. The molecule has 1 heterocycles. The Morgan fingerprint density at radius 3 is 3.08 bits per heavy atom. The number of fused-ring (bicyclic) bond motifs is 1. The van der Waals surface area contributed by atoms with Crippen molar-refractivity contribution in [2.24, 2.45) is 0 Å². The quantitative estimate of drug-likeness (QED) is 0.613. The van der Waals surface area contributed by atoms with Crippen LogP contribution in [0.4, 0.5) is 4.39 Å². The molecule has 1 aliphatic rings. The molecule has 0 aliphatic carbocycles. The maximum Gasteiger partial charge on any atom is 0.141 e. The molecule has 64 valence electrons. The van der Waals surface area contributed by atoms with Crippen LogP contribution >= 0.6 is 0 Å². The highest BCUT2D eigenvalue weighted by molar-refractivity contribution is 5.42. The number of hydrogen-bond acceptors (Lipinski definition) is 2. The zero-order valence-electron chi connectivity index (χ0n) is 6.55. The van der Waals surface area contributed by atoms with Gasteiger partial charge in [-0.2, -0.15) is 0 Å². The van der Waals surface area contributed by atoms with E-state index in [-0.39, 0.29) is 5.75 Å². The highest BCUT2D eigenvalue weighted by atomic mass is 19.1. The molecule has 1 aliphatic heterocycles. The Hall–Kier alpha value is -1.09. The van der Waals surface area contributed by atoms with Crippen molar-refractivity contribution in [1.82, 2.24) is 5.32 Å². The fourth-order valence-electron chi connectivity index (χ4n) is 1.55. The third-order valence-electron chi connectivity index (χ3n) is 2.13. The number of rotatable bonds is 0. The van der Waals surface area contributed by atoms with Crippen molar-refractivity contribution in [3.8, 4) is 5.75 Å². The number of phenols is 1. The Balaban J connectivity index is 2.53. The summed E-state index contributed by atoms with van der Waals surface area (Å²) >= 11 is 0. The second kappa shape index (κ2) is 2.75. The number of hydrogen-bond donors (Lipinski definition) is 2. The topological polar surface area (TPSA) is 32.3 Å². The molecule has 1 aromatic carbocycles. The molecule has 0 saturated carbocycles. The van der Waals surface area contributed by atoms with Gasteiger partial charge in [-0.15, -0.1) is 0 Å². The number of halogens is 1. The average molecular weight is 167 g/mol. The van der Waals surface area contributed by atoms with Crippen molar-refractivity contribution in [2.45, 2.75) is 12.7 Å². The van der Waals surface area contributed by atoms with Crippen LogP contribution in [0.2, 0.25) is 0 Å². The van der Waals surface area contributed by atoms with Gasteiger partial charge in [0.1, 0.15) is 11.9 Å². The lowest BCUT2D eigenvalue weighted by Gasteiger charge is -2.21. The first-order chi connectivity index (χ1) is 5.79. The molecule has 0 fully saturated rings. The van der Waals surface area contributed by atoms with Crippen LogP contribution in [0, 0.1) is 0 Å². The van der Waals surface area contributed by atoms with Gasteiger partial charge in [-0.25, -0.2) is 4.39 Å². The normalized spacial score (nSPS) is 21.9. The molecule has 0 amide bonds. The van der Waals surface area contributed by atoms with E-state index >= 15 is 0 Å². The van der Waals surface area contributed by atoms with E-state index in [2.05, 4.69) is 5.32 Å². The first-order valence-corrected chi connectivity index (χ1v) is 3.94. The Morgan fingerprint density at radius 1 is 1.50 bits per heavy atom. The highest BCUT2D eigenvalue weighted by Crippen LogP contribution is 2.32. The predicted molar refractivity (Wildman–Crippen MR) is 43.7 cm³/mol. The summed E-state index contributed by atoms with van der Waals surface area (Å²) in [5.74, 6) is 0.0708. The van der Waals surface area contributed by atoms with Gasteiger partial charge < -0.3 is 10.4 Å². The molecule has 2 N–H and O–H groups in total. The smallest absolute Gasteiger partial charge is 0.141 e. The Morgan fingerprint density at radius 2 is 2.33 bits per heavy atom. The SMILES string of the molecule is Oc1cccc2c1C(F)CNC2. The van der Waals surface area contributed by atoms with Crippen LogP contribution in [-0.2, 0) is 6.54 Å². The summed E-state index contributed by atoms with van der Waals surface area (Å²) in [6.07, 6.45) is -1.07. The van der Waals surface area contributed by atoms with E-state index < -0.39 is 6.17 Å². The van der Waals surface area contributed by atoms with Gasteiger partial charge in [0.25, 0.3) is 0 Å². The van der Waals surface area contributed by atoms with E-state index in [0.29, 0.717) is 18.7 Å². The van der Waals surface area contributed by atoms with Crippen molar-refractivity contribution in [3.05, 3.63) is 29.3 Å². The Bertz CT molecular complexity index is 301. The maximum absolute atomic E-state index is 13.2. The third kappa shape index (κ3) is 1.06. The van der Waals surface area contributed by atoms with Gasteiger partial charge >= 0.3 is 0 Å². The van der Waals surface area contributed by atoms with Crippen LogP contribution in [0.3, 0.4) is 0 Å². The zero-order valence-corrected chi connectivity index (χ0v) is 6.55. The minimum atomic E-state index is -1.07. The second-order valence-electron chi connectivity index (χ2n) is 2.95. The number of aromatic hydroxyl groups is 1. The average Bonchev–Trinajstić information content (AvgIpc) is 2.04. The van der Waals surface area contributed by atoms with Crippen molar-refractivity contribution in [3.63, 3.8) is 0 Å². The fourth-order valence-corrected chi connectivity index (χ4v) is 1.55. The van der Waals surface area contributed by atoms with E-state index in [9.17, 15) is 9.50 Å². The summed E-state index contributed by atoms with van der Waals surface area (Å²) in [6.45, 7) is 0.939. The minimum absolute atomic E-state index is 0.0708. The van der Waals surface area contributed by atoms with Crippen molar-refractivity contribution < 1.29 is 9.50 Å². The van der Waals surface area contributed by atoms with Gasteiger partial charge in [0.2, 0.25) is 0 Å². The zero-order chi connectivity index (χ0) is 8.55. The molecule has 2 nitrogen and oxygen atoms in total. The Labute approximate surface area is 70.0 Å². The number of benzene rings is 1. The molecule has 0 spiro atoms. The molecule has 12 heavy (non-hydrogen) atoms. The molecule has 0 saturated heterocycles. The van der Waals surface area contributed by atoms with Crippen LogP contribution < -0.4 is 5.32 Å². The summed E-state index contributed by atoms with van der Waals surface area (Å²) in [6, 6.07) is 5.08. The van der Waals surface area contributed by atoms with E-state index in [0.717, 1.165) is 5.56 Å². The fraction of sp³-hybridized carbons (Fsp3) is 0.333. The summed E-state index contributed by atoms with van der Waals surface area (Å²) in [5, 5.41) is 12.3. The summed E-state index contributed by atoms with van der Waals surface area (Å²) in [4.78, 5) is 0.